The molecule has 0 radical (unpaired) electrons. The van der Waals surface area contributed by atoms with Gasteiger partial charge in [0.15, 0.2) is 0 Å². The summed E-state index contributed by atoms with van der Waals surface area (Å²) >= 11 is 6.48. The highest BCUT2D eigenvalue weighted by atomic mass is 35.5. The zero-order chi connectivity index (χ0) is 32.8. The Balaban J connectivity index is 1.24. The average Bonchev–Trinajstić information content (AvgIpc) is 3.69. The molecule has 250 valence electrons. The van der Waals surface area contributed by atoms with E-state index in [0.29, 0.717) is 34.9 Å². The van der Waals surface area contributed by atoms with Crippen LogP contribution in [0.3, 0.4) is 0 Å². The maximum Gasteiger partial charge on any atom is 0.439 e. The molecule has 8 rings (SSSR count). The van der Waals surface area contributed by atoms with Crippen LogP contribution in [0.1, 0.15) is 45.1 Å². The number of aromatic nitrogens is 6. The van der Waals surface area contributed by atoms with Crippen LogP contribution in [0, 0.1) is 17.8 Å². The van der Waals surface area contributed by atoms with Crippen LogP contribution in [0.25, 0.3) is 33.8 Å². The Hall–Kier alpha value is -4.06. The molecule has 3 aliphatic rings. The Morgan fingerprint density at radius 1 is 1.02 bits per heavy atom. The molecule has 12 heteroatoms. The summed E-state index contributed by atoms with van der Waals surface area (Å²) in [5, 5.41) is 4.47. The number of hydrogen-bond donors (Lipinski definition) is 1. The van der Waals surface area contributed by atoms with Crippen molar-refractivity contribution in [2.24, 2.45) is 17.8 Å². The third-order valence-electron chi connectivity index (χ3n) is 10.4. The van der Waals surface area contributed by atoms with Crippen molar-refractivity contribution in [3.8, 4) is 22.8 Å². The molecule has 2 saturated heterocycles. The summed E-state index contributed by atoms with van der Waals surface area (Å²) in [4.78, 5) is 34.5. The minimum absolute atomic E-state index is 0.0560. The number of hydrogen-bond acceptors (Lipinski definition) is 9. The summed E-state index contributed by atoms with van der Waals surface area (Å²) < 4.78 is 13.8. The summed E-state index contributed by atoms with van der Waals surface area (Å²) in [6, 6.07) is 14.6. The van der Waals surface area contributed by atoms with E-state index in [4.69, 9.17) is 30.8 Å². The molecule has 4 aromatic heterocycles. The van der Waals surface area contributed by atoms with Crippen LogP contribution in [0.15, 0.2) is 64.2 Å². The number of likely N-dealkylation sites (tertiary alicyclic amines) is 1. The molecular formula is C36H41ClN8O3. The van der Waals surface area contributed by atoms with Crippen molar-refractivity contribution >= 4 is 28.6 Å². The summed E-state index contributed by atoms with van der Waals surface area (Å²) in [6.07, 6.45) is 8.27. The van der Waals surface area contributed by atoms with Gasteiger partial charge >= 0.3 is 5.76 Å². The molecule has 3 atom stereocenters. The quantitative estimate of drug-likeness (QED) is 0.221. The number of H-pyrrole nitrogens is 1. The van der Waals surface area contributed by atoms with Crippen LogP contribution in [-0.2, 0) is 17.8 Å². The topological polar surface area (TPSA) is 118 Å². The summed E-state index contributed by atoms with van der Waals surface area (Å²) in [7, 11) is 0. The van der Waals surface area contributed by atoms with Crippen LogP contribution in [0.5, 0.6) is 0 Å². The number of halogens is 1. The molecule has 6 heterocycles. The van der Waals surface area contributed by atoms with Crippen LogP contribution in [0.4, 0.5) is 5.95 Å². The van der Waals surface area contributed by atoms with E-state index in [9.17, 15) is 4.79 Å². The van der Waals surface area contributed by atoms with Gasteiger partial charge in [0.05, 0.1) is 40.5 Å². The van der Waals surface area contributed by atoms with E-state index in [1.165, 1.54) is 31.2 Å². The SMILES string of the molecule is CC1CCC(Cn2c(N3CCOC4CN(Cc5ccccc5)CC(C)C43)nc3cc(-c4noc(=O)[nH]4)nc(-c4cncc(Cl)c4)c32)CC1. The lowest BCUT2D eigenvalue weighted by atomic mass is 9.83. The van der Waals surface area contributed by atoms with Crippen molar-refractivity contribution < 1.29 is 9.26 Å². The molecule has 48 heavy (non-hydrogen) atoms. The van der Waals surface area contributed by atoms with E-state index in [-0.39, 0.29) is 18.0 Å². The van der Waals surface area contributed by atoms with Crippen molar-refractivity contribution in [3.05, 3.63) is 76.0 Å². The number of anilines is 1. The molecule has 5 aromatic rings. The van der Waals surface area contributed by atoms with Gasteiger partial charge in [-0.05, 0) is 48.3 Å². The number of imidazole rings is 1. The van der Waals surface area contributed by atoms with Crippen LogP contribution in [-0.4, -0.2) is 72.9 Å². The summed E-state index contributed by atoms with van der Waals surface area (Å²) in [5.41, 5.74) is 4.95. The number of fused-ring (bicyclic) bond motifs is 2. The van der Waals surface area contributed by atoms with Gasteiger partial charge in [-0.15, -0.1) is 0 Å². The largest absolute Gasteiger partial charge is 0.439 e. The number of nitrogens with zero attached hydrogens (tertiary/aromatic N) is 7. The van der Waals surface area contributed by atoms with Gasteiger partial charge in [-0.1, -0.05) is 73.8 Å². The van der Waals surface area contributed by atoms with E-state index >= 15 is 0 Å². The molecule has 1 N–H and O–H groups in total. The summed E-state index contributed by atoms with van der Waals surface area (Å²) in [5.74, 6) is 2.18. The van der Waals surface area contributed by atoms with Crippen molar-refractivity contribution in [1.82, 2.24) is 34.6 Å². The highest BCUT2D eigenvalue weighted by molar-refractivity contribution is 6.30. The van der Waals surface area contributed by atoms with Crippen molar-refractivity contribution in [2.75, 3.05) is 31.1 Å². The van der Waals surface area contributed by atoms with Gasteiger partial charge in [-0.3, -0.25) is 19.4 Å². The summed E-state index contributed by atoms with van der Waals surface area (Å²) in [6.45, 7) is 9.67. The molecule has 3 fully saturated rings. The van der Waals surface area contributed by atoms with Crippen molar-refractivity contribution in [3.63, 3.8) is 0 Å². The third kappa shape index (κ3) is 6.15. The minimum atomic E-state index is -0.637. The van der Waals surface area contributed by atoms with Crippen LogP contribution < -0.4 is 10.7 Å². The van der Waals surface area contributed by atoms with Crippen LogP contribution in [0.2, 0.25) is 5.02 Å². The second kappa shape index (κ2) is 13.1. The molecule has 0 spiro atoms. The second-order valence-corrected chi connectivity index (χ2v) is 14.4. The molecular weight excluding hydrogens is 628 g/mol. The number of rotatable bonds is 7. The second-order valence-electron chi connectivity index (χ2n) is 14.0. The lowest BCUT2D eigenvalue weighted by Crippen LogP contribution is -2.63. The Bertz CT molecular complexity index is 1950. The molecule has 0 bridgehead atoms. The minimum Gasteiger partial charge on any atom is -0.373 e. The number of aromatic amines is 1. The number of ether oxygens (including phenoxy) is 1. The number of piperidine rings is 1. The standard InChI is InChI=1S/C36H41ClN8O3/c1-22-8-10-25(11-9-22)20-45-33-28(15-29(34-41-36(46)48-42-34)39-31(33)26-14-27(37)17-38-16-26)40-35(45)44-12-13-47-30-21-43(18-23(2)32(30)44)19-24-6-4-3-5-7-24/h3-7,14-17,22-23,25,30,32H,8-13,18-21H2,1-2H3,(H,41,42,46). The first-order valence-corrected chi connectivity index (χ1v) is 17.5. The molecule has 1 saturated carbocycles. The highest BCUT2D eigenvalue weighted by Gasteiger charge is 2.43. The fourth-order valence-corrected chi connectivity index (χ4v) is 8.32. The van der Waals surface area contributed by atoms with E-state index in [1.54, 1.807) is 12.4 Å². The zero-order valence-corrected chi connectivity index (χ0v) is 28.1. The Morgan fingerprint density at radius 3 is 2.62 bits per heavy atom. The van der Waals surface area contributed by atoms with Gasteiger partial charge in [-0.2, -0.15) is 0 Å². The molecule has 2 aliphatic heterocycles. The first kappa shape index (κ1) is 31.2. The van der Waals surface area contributed by atoms with Gasteiger partial charge < -0.3 is 14.2 Å². The predicted octanol–water partition coefficient (Wildman–Crippen LogP) is 6.04. The lowest BCUT2D eigenvalue weighted by molar-refractivity contribution is -0.0550. The van der Waals surface area contributed by atoms with Gasteiger partial charge in [0, 0.05) is 50.7 Å². The third-order valence-corrected chi connectivity index (χ3v) is 10.6. The molecule has 11 nitrogen and oxygen atoms in total. The monoisotopic (exact) mass is 668 g/mol. The number of nitrogens with one attached hydrogen (secondary N) is 1. The molecule has 1 aliphatic carbocycles. The number of benzene rings is 1. The van der Waals surface area contributed by atoms with E-state index in [1.807, 2.05) is 12.1 Å². The van der Waals surface area contributed by atoms with Gasteiger partial charge in [0.2, 0.25) is 11.8 Å². The maximum absolute atomic E-state index is 11.9. The smallest absolute Gasteiger partial charge is 0.373 e. The lowest BCUT2D eigenvalue weighted by Gasteiger charge is -2.50. The first-order valence-electron chi connectivity index (χ1n) is 17.1. The van der Waals surface area contributed by atoms with E-state index in [2.05, 4.69) is 73.7 Å². The number of morpholine rings is 1. The first-order chi connectivity index (χ1) is 23.4. The Morgan fingerprint density at radius 2 is 1.85 bits per heavy atom. The van der Waals surface area contributed by atoms with Crippen molar-refractivity contribution in [1.29, 1.82) is 0 Å². The fourth-order valence-electron chi connectivity index (χ4n) is 8.14. The van der Waals surface area contributed by atoms with Gasteiger partial charge in [0.25, 0.3) is 0 Å². The van der Waals surface area contributed by atoms with E-state index in [0.717, 1.165) is 61.2 Å². The molecule has 0 amide bonds. The van der Waals surface area contributed by atoms with Crippen molar-refractivity contribution in [2.45, 2.75) is 64.8 Å². The van der Waals surface area contributed by atoms with Gasteiger partial charge in [-0.25, -0.2) is 14.8 Å². The Labute approximate surface area is 284 Å². The normalized spacial score (nSPS) is 25.0. The fraction of sp³-hybridized carbons (Fsp3) is 0.472. The zero-order valence-electron chi connectivity index (χ0n) is 27.4. The predicted molar refractivity (Wildman–Crippen MR) is 185 cm³/mol. The number of pyridine rings is 2. The van der Waals surface area contributed by atoms with Crippen LogP contribution >= 0.6 is 11.6 Å². The maximum atomic E-state index is 11.9. The average molecular weight is 669 g/mol. The molecule has 3 unspecified atom stereocenters. The molecule has 1 aromatic carbocycles. The Kier molecular flexibility index (Phi) is 8.52. The van der Waals surface area contributed by atoms with E-state index < -0.39 is 5.76 Å². The van der Waals surface area contributed by atoms with Gasteiger partial charge in [0.1, 0.15) is 5.69 Å². The highest BCUT2D eigenvalue weighted by Crippen LogP contribution is 2.39.